The van der Waals surface area contributed by atoms with Crippen LogP contribution in [0.4, 0.5) is 0 Å². The summed E-state index contributed by atoms with van der Waals surface area (Å²) < 4.78 is 16.3. The van der Waals surface area contributed by atoms with Gasteiger partial charge in [0.2, 0.25) is 0 Å². The molecule has 0 fully saturated rings. The van der Waals surface area contributed by atoms with Crippen molar-refractivity contribution in [2.24, 2.45) is 4.99 Å². The highest BCUT2D eigenvalue weighted by Crippen LogP contribution is 2.33. The predicted octanol–water partition coefficient (Wildman–Crippen LogP) is 3.32. The summed E-state index contributed by atoms with van der Waals surface area (Å²) in [4.78, 5) is 4.68. The Hall–Kier alpha value is -2.89. The highest BCUT2D eigenvalue weighted by molar-refractivity contribution is 5.79. The number of furan rings is 1. The molecule has 0 spiro atoms. The maximum absolute atomic E-state index is 5.49. The van der Waals surface area contributed by atoms with Gasteiger partial charge in [0.05, 0.1) is 27.0 Å². The number of nitrogens with one attached hydrogen (secondary N) is 2. The van der Waals surface area contributed by atoms with Gasteiger partial charge in [0.1, 0.15) is 5.76 Å². The smallest absolute Gasteiger partial charge is 0.191 e. The van der Waals surface area contributed by atoms with Crippen LogP contribution in [0.2, 0.25) is 0 Å². The molecule has 0 aliphatic rings. The quantitative estimate of drug-likeness (QED) is 0.381. The molecule has 0 aliphatic heterocycles. The summed E-state index contributed by atoms with van der Waals surface area (Å²) in [5.41, 5.74) is 2.08. The number of guanidine groups is 1. The van der Waals surface area contributed by atoms with E-state index in [9.17, 15) is 0 Å². The number of methoxy groups -OCH3 is 2. The molecular weight excluding hydrogens is 342 g/mol. The molecular formula is C21H29N3O3. The molecule has 146 valence electrons. The lowest BCUT2D eigenvalue weighted by Crippen LogP contribution is -2.38. The summed E-state index contributed by atoms with van der Waals surface area (Å²) in [6.45, 7) is 7.93. The Balaban J connectivity index is 2.08. The zero-order chi connectivity index (χ0) is 19.5. The van der Waals surface area contributed by atoms with Crippen LogP contribution in [-0.4, -0.2) is 33.3 Å². The number of aliphatic imine (C=N–C) groups is 1. The fourth-order valence-corrected chi connectivity index (χ4v) is 2.78. The van der Waals surface area contributed by atoms with E-state index in [4.69, 9.17) is 13.9 Å². The average Bonchev–Trinajstić information content (AvgIpc) is 3.19. The van der Waals surface area contributed by atoms with E-state index in [0.717, 1.165) is 48.1 Å². The largest absolute Gasteiger partial charge is 0.493 e. The van der Waals surface area contributed by atoms with Crippen LogP contribution in [-0.2, 0) is 19.4 Å². The van der Waals surface area contributed by atoms with Gasteiger partial charge in [-0.3, -0.25) is 0 Å². The van der Waals surface area contributed by atoms with Gasteiger partial charge in [-0.1, -0.05) is 6.08 Å². The summed E-state index contributed by atoms with van der Waals surface area (Å²) in [5, 5.41) is 6.59. The summed E-state index contributed by atoms with van der Waals surface area (Å²) in [6, 6.07) is 7.91. The number of hydrogen-bond acceptors (Lipinski definition) is 4. The SMILES string of the molecule is C=CCc1cc(CN=C(NCC)NCCc2ccco2)cc(OC)c1OC. The van der Waals surface area contributed by atoms with Crippen LogP contribution < -0.4 is 20.1 Å². The molecule has 0 bridgehead atoms. The fraction of sp³-hybridized carbons (Fsp3) is 0.381. The van der Waals surface area contributed by atoms with Crippen molar-refractivity contribution in [3.63, 3.8) is 0 Å². The molecule has 6 nitrogen and oxygen atoms in total. The third-order valence-corrected chi connectivity index (χ3v) is 3.99. The first-order chi connectivity index (χ1) is 13.2. The van der Waals surface area contributed by atoms with E-state index in [1.807, 2.05) is 31.2 Å². The topological polar surface area (TPSA) is 68.0 Å². The molecule has 0 amide bonds. The molecule has 2 N–H and O–H groups in total. The second-order valence-electron chi connectivity index (χ2n) is 5.93. The minimum absolute atomic E-state index is 0.528. The van der Waals surface area contributed by atoms with Crippen LogP contribution in [0.25, 0.3) is 0 Å². The van der Waals surface area contributed by atoms with Gasteiger partial charge in [-0.05, 0) is 43.2 Å². The Morgan fingerprint density at radius 2 is 2.11 bits per heavy atom. The number of benzene rings is 1. The second kappa shape index (κ2) is 11.0. The van der Waals surface area contributed by atoms with E-state index in [2.05, 4.69) is 28.3 Å². The summed E-state index contributed by atoms with van der Waals surface area (Å²) in [6.07, 6.45) is 5.05. The number of rotatable bonds is 10. The van der Waals surface area contributed by atoms with Crippen molar-refractivity contribution >= 4 is 5.96 Å². The first kappa shape index (κ1) is 20.4. The van der Waals surface area contributed by atoms with Crippen LogP contribution in [0.1, 0.15) is 23.8 Å². The van der Waals surface area contributed by atoms with Crippen molar-refractivity contribution in [2.75, 3.05) is 27.3 Å². The van der Waals surface area contributed by atoms with E-state index < -0.39 is 0 Å². The van der Waals surface area contributed by atoms with Gasteiger partial charge in [0.25, 0.3) is 0 Å². The third-order valence-electron chi connectivity index (χ3n) is 3.99. The molecule has 2 aromatic rings. The van der Waals surface area contributed by atoms with Crippen molar-refractivity contribution < 1.29 is 13.9 Å². The standard InChI is InChI=1S/C21H29N3O3/c1-5-8-17-13-16(14-19(25-3)20(17)26-4)15-24-21(22-6-2)23-11-10-18-9-7-12-27-18/h5,7,9,12-14H,1,6,8,10-11,15H2,2-4H3,(H2,22,23,24). The maximum atomic E-state index is 5.49. The Morgan fingerprint density at radius 1 is 1.26 bits per heavy atom. The monoisotopic (exact) mass is 371 g/mol. The number of hydrogen-bond donors (Lipinski definition) is 2. The lowest BCUT2D eigenvalue weighted by molar-refractivity contribution is 0.352. The van der Waals surface area contributed by atoms with Crippen molar-refractivity contribution in [3.8, 4) is 11.5 Å². The molecule has 1 heterocycles. The van der Waals surface area contributed by atoms with E-state index >= 15 is 0 Å². The van der Waals surface area contributed by atoms with Crippen molar-refractivity contribution in [1.29, 1.82) is 0 Å². The summed E-state index contributed by atoms with van der Waals surface area (Å²) in [7, 11) is 3.29. The fourth-order valence-electron chi connectivity index (χ4n) is 2.78. The first-order valence-electron chi connectivity index (χ1n) is 9.11. The molecule has 1 aromatic heterocycles. The Bertz CT molecular complexity index is 739. The second-order valence-corrected chi connectivity index (χ2v) is 5.93. The molecule has 6 heteroatoms. The van der Waals surface area contributed by atoms with Crippen molar-refractivity contribution in [1.82, 2.24) is 10.6 Å². The number of allylic oxidation sites excluding steroid dienone is 1. The molecule has 0 aliphatic carbocycles. The van der Waals surface area contributed by atoms with E-state index in [0.29, 0.717) is 18.7 Å². The van der Waals surface area contributed by atoms with Gasteiger partial charge in [-0.15, -0.1) is 6.58 Å². The number of nitrogens with zero attached hydrogens (tertiary/aromatic N) is 1. The summed E-state index contributed by atoms with van der Waals surface area (Å²) >= 11 is 0. The van der Waals surface area contributed by atoms with Crippen LogP contribution in [0.15, 0.2) is 52.6 Å². The van der Waals surface area contributed by atoms with Gasteiger partial charge in [0, 0.05) is 25.1 Å². The molecule has 2 rings (SSSR count). The van der Waals surface area contributed by atoms with Gasteiger partial charge in [-0.25, -0.2) is 4.99 Å². The summed E-state index contributed by atoms with van der Waals surface area (Å²) in [5.74, 6) is 3.17. The van der Waals surface area contributed by atoms with Crippen molar-refractivity contribution in [3.05, 3.63) is 60.1 Å². The molecule has 0 saturated heterocycles. The molecule has 0 saturated carbocycles. The first-order valence-corrected chi connectivity index (χ1v) is 9.11. The van der Waals surface area contributed by atoms with Crippen LogP contribution in [0.3, 0.4) is 0 Å². The molecule has 0 atom stereocenters. The van der Waals surface area contributed by atoms with Crippen molar-refractivity contribution in [2.45, 2.75) is 26.3 Å². The van der Waals surface area contributed by atoms with Crippen LogP contribution >= 0.6 is 0 Å². The van der Waals surface area contributed by atoms with Gasteiger partial charge in [0.15, 0.2) is 17.5 Å². The third kappa shape index (κ3) is 6.09. The molecule has 0 radical (unpaired) electrons. The lowest BCUT2D eigenvalue weighted by atomic mass is 10.1. The minimum atomic E-state index is 0.528. The predicted molar refractivity (Wildman–Crippen MR) is 109 cm³/mol. The molecule has 27 heavy (non-hydrogen) atoms. The Morgan fingerprint density at radius 3 is 2.74 bits per heavy atom. The number of ether oxygens (including phenoxy) is 2. The average molecular weight is 371 g/mol. The normalized spacial score (nSPS) is 11.1. The molecule has 0 unspecified atom stereocenters. The van der Waals surface area contributed by atoms with E-state index in [1.54, 1.807) is 20.5 Å². The molecule has 1 aromatic carbocycles. The Kier molecular flexibility index (Phi) is 8.29. The lowest BCUT2D eigenvalue weighted by Gasteiger charge is -2.14. The zero-order valence-electron chi connectivity index (χ0n) is 16.4. The highest BCUT2D eigenvalue weighted by Gasteiger charge is 2.11. The minimum Gasteiger partial charge on any atom is -0.493 e. The van der Waals surface area contributed by atoms with Gasteiger partial charge >= 0.3 is 0 Å². The highest BCUT2D eigenvalue weighted by atomic mass is 16.5. The van der Waals surface area contributed by atoms with Crippen LogP contribution in [0, 0.1) is 0 Å². The van der Waals surface area contributed by atoms with E-state index in [1.165, 1.54) is 0 Å². The van der Waals surface area contributed by atoms with Gasteiger partial charge in [-0.2, -0.15) is 0 Å². The Labute approximate surface area is 161 Å². The zero-order valence-corrected chi connectivity index (χ0v) is 16.4. The maximum Gasteiger partial charge on any atom is 0.191 e. The van der Waals surface area contributed by atoms with Crippen LogP contribution in [0.5, 0.6) is 11.5 Å². The van der Waals surface area contributed by atoms with E-state index in [-0.39, 0.29) is 0 Å². The van der Waals surface area contributed by atoms with Gasteiger partial charge < -0.3 is 24.5 Å².